The van der Waals surface area contributed by atoms with E-state index < -0.39 is 0 Å². The fourth-order valence-electron chi connectivity index (χ4n) is 2.43. The molecule has 122 valence electrons. The minimum absolute atomic E-state index is 0. The summed E-state index contributed by atoms with van der Waals surface area (Å²) in [5, 5.41) is 3.06. The molecule has 0 saturated carbocycles. The van der Waals surface area contributed by atoms with Crippen molar-refractivity contribution in [3.63, 3.8) is 0 Å². The van der Waals surface area contributed by atoms with Crippen molar-refractivity contribution in [2.45, 2.75) is 45.6 Å². The van der Waals surface area contributed by atoms with E-state index in [0.29, 0.717) is 12.5 Å². The molecule has 0 aromatic heterocycles. The van der Waals surface area contributed by atoms with Crippen LogP contribution in [-0.2, 0) is 22.4 Å². The molecule has 5 nitrogen and oxygen atoms in total. The molecule has 0 amide bonds. The van der Waals surface area contributed by atoms with E-state index in [-0.39, 0.29) is 42.5 Å². The van der Waals surface area contributed by atoms with Crippen LogP contribution in [0.4, 0.5) is 5.69 Å². The molecule has 1 aromatic rings. The maximum absolute atomic E-state index is 11.4. The van der Waals surface area contributed by atoms with Gasteiger partial charge in [-0.1, -0.05) is 6.07 Å². The Balaban J connectivity index is 0.00000242. The van der Waals surface area contributed by atoms with Gasteiger partial charge in [-0.25, -0.2) is 0 Å². The zero-order valence-corrected chi connectivity index (χ0v) is 15.4. The minimum Gasteiger partial charge on any atom is -0.463 e. The van der Waals surface area contributed by atoms with Gasteiger partial charge in [-0.2, -0.15) is 0 Å². The number of hydrogen-bond acceptors (Lipinski definition) is 3. The van der Waals surface area contributed by atoms with Crippen molar-refractivity contribution < 1.29 is 9.53 Å². The van der Waals surface area contributed by atoms with Crippen LogP contribution in [0, 0.1) is 0 Å². The smallest absolute Gasteiger partial charge is 0.307 e. The molecule has 6 heteroatoms. The molecule has 0 atom stereocenters. The number of aryl methyl sites for hydroxylation is 2. The summed E-state index contributed by atoms with van der Waals surface area (Å²) in [5.41, 5.74) is 9.58. The molecule has 1 aromatic carbocycles. The van der Waals surface area contributed by atoms with E-state index in [0.717, 1.165) is 18.5 Å². The SMILES string of the molecule is CC(C)OC(=O)CCN=C(N)Nc1ccc2c(c1)CCC2.I. The average Bonchev–Trinajstić information content (AvgIpc) is 2.85. The summed E-state index contributed by atoms with van der Waals surface area (Å²) in [6.45, 7) is 3.98. The number of anilines is 1. The number of ether oxygens (including phenoxy) is 1. The summed E-state index contributed by atoms with van der Waals surface area (Å²) in [6.07, 6.45) is 3.66. The predicted octanol–water partition coefficient (Wildman–Crippen LogP) is 2.86. The van der Waals surface area contributed by atoms with Crippen LogP contribution >= 0.6 is 24.0 Å². The zero-order valence-electron chi connectivity index (χ0n) is 13.1. The number of benzene rings is 1. The number of nitrogens with two attached hydrogens (primary N) is 1. The topological polar surface area (TPSA) is 76.7 Å². The summed E-state index contributed by atoms with van der Waals surface area (Å²) in [5.74, 6) is 0.0735. The van der Waals surface area contributed by atoms with Crippen LogP contribution in [0.3, 0.4) is 0 Å². The Hall–Kier alpha value is -1.31. The highest BCUT2D eigenvalue weighted by molar-refractivity contribution is 14.0. The van der Waals surface area contributed by atoms with E-state index in [1.165, 1.54) is 17.5 Å². The predicted molar refractivity (Wildman–Crippen MR) is 99.8 cm³/mol. The van der Waals surface area contributed by atoms with E-state index in [2.05, 4.69) is 22.4 Å². The van der Waals surface area contributed by atoms with Crippen LogP contribution in [-0.4, -0.2) is 24.6 Å². The summed E-state index contributed by atoms with van der Waals surface area (Å²) in [6, 6.07) is 6.27. The maximum atomic E-state index is 11.4. The van der Waals surface area contributed by atoms with Crippen molar-refractivity contribution in [1.29, 1.82) is 0 Å². The number of rotatable bonds is 5. The Morgan fingerprint density at radius 3 is 2.82 bits per heavy atom. The maximum Gasteiger partial charge on any atom is 0.307 e. The molecule has 0 spiro atoms. The number of aliphatic imine (C=N–C) groups is 1. The van der Waals surface area contributed by atoms with Crippen LogP contribution in [0.5, 0.6) is 0 Å². The third-order valence-electron chi connectivity index (χ3n) is 3.34. The van der Waals surface area contributed by atoms with E-state index in [1.807, 2.05) is 19.9 Å². The molecule has 0 bridgehead atoms. The fourth-order valence-corrected chi connectivity index (χ4v) is 2.43. The second kappa shape index (κ2) is 8.97. The van der Waals surface area contributed by atoms with Crippen LogP contribution < -0.4 is 11.1 Å². The van der Waals surface area contributed by atoms with Gasteiger partial charge in [0.05, 0.1) is 19.1 Å². The molecule has 0 fully saturated rings. The highest BCUT2D eigenvalue weighted by Gasteiger charge is 2.11. The van der Waals surface area contributed by atoms with Crippen LogP contribution in [0.2, 0.25) is 0 Å². The summed E-state index contributed by atoms with van der Waals surface area (Å²) in [4.78, 5) is 15.5. The molecule has 22 heavy (non-hydrogen) atoms. The van der Waals surface area contributed by atoms with Crippen LogP contribution in [0.15, 0.2) is 23.2 Å². The monoisotopic (exact) mass is 417 g/mol. The molecule has 0 heterocycles. The van der Waals surface area contributed by atoms with Crippen LogP contribution in [0.1, 0.15) is 37.8 Å². The molecule has 0 radical (unpaired) electrons. The van der Waals surface area contributed by atoms with Crippen molar-refractivity contribution >= 4 is 41.6 Å². The Kier molecular flexibility index (Phi) is 7.64. The number of fused-ring (bicyclic) bond motifs is 1. The Morgan fingerprint density at radius 1 is 1.36 bits per heavy atom. The highest BCUT2D eigenvalue weighted by atomic mass is 127. The lowest BCUT2D eigenvalue weighted by Gasteiger charge is -2.08. The lowest BCUT2D eigenvalue weighted by molar-refractivity contribution is -0.147. The number of esters is 1. The molecule has 0 unspecified atom stereocenters. The third kappa shape index (κ3) is 5.82. The largest absolute Gasteiger partial charge is 0.463 e. The molecule has 0 aliphatic heterocycles. The number of hydrogen-bond donors (Lipinski definition) is 2. The van der Waals surface area contributed by atoms with Crippen molar-refractivity contribution in [3.05, 3.63) is 29.3 Å². The first-order valence-electron chi connectivity index (χ1n) is 7.43. The quantitative estimate of drug-likeness (QED) is 0.334. The average molecular weight is 417 g/mol. The van der Waals surface area contributed by atoms with Gasteiger partial charge in [0.15, 0.2) is 5.96 Å². The van der Waals surface area contributed by atoms with Gasteiger partial charge in [0.2, 0.25) is 0 Å². The first kappa shape index (κ1) is 18.7. The molecular weight excluding hydrogens is 393 g/mol. The van der Waals surface area contributed by atoms with Crippen molar-refractivity contribution in [1.82, 2.24) is 0 Å². The lowest BCUT2D eigenvalue weighted by atomic mass is 10.1. The van der Waals surface area contributed by atoms with E-state index >= 15 is 0 Å². The molecule has 0 saturated heterocycles. The second-order valence-corrected chi connectivity index (χ2v) is 5.52. The number of carbonyl (C=O) groups excluding carboxylic acids is 1. The molecule has 1 aliphatic rings. The summed E-state index contributed by atoms with van der Waals surface area (Å²) >= 11 is 0. The van der Waals surface area contributed by atoms with E-state index in [4.69, 9.17) is 10.5 Å². The van der Waals surface area contributed by atoms with Crippen molar-refractivity contribution in [2.24, 2.45) is 10.7 Å². The standard InChI is InChI=1S/C16H23N3O2.HI/c1-11(2)21-15(20)8-9-18-16(17)19-14-7-6-12-4-3-5-13(12)10-14;/h6-7,10-11H,3-5,8-9H2,1-2H3,(H3,17,18,19);1H. The van der Waals surface area contributed by atoms with Gasteiger partial charge < -0.3 is 15.8 Å². The van der Waals surface area contributed by atoms with Gasteiger partial charge in [-0.3, -0.25) is 9.79 Å². The first-order chi connectivity index (χ1) is 10.0. The highest BCUT2D eigenvalue weighted by Crippen LogP contribution is 2.24. The van der Waals surface area contributed by atoms with Gasteiger partial charge in [0.1, 0.15) is 0 Å². The number of carbonyl (C=O) groups is 1. The zero-order chi connectivity index (χ0) is 15.2. The van der Waals surface area contributed by atoms with Gasteiger partial charge in [-0.05, 0) is 56.4 Å². The van der Waals surface area contributed by atoms with Crippen molar-refractivity contribution in [2.75, 3.05) is 11.9 Å². The van der Waals surface area contributed by atoms with Gasteiger partial charge in [-0.15, -0.1) is 24.0 Å². The molecule has 2 rings (SSSR count). The molecular formula is C16H24IN3O2. The lowest BCUT2D eigenvalue weighted by Crippen LogP contribution is -2.23. The molecule has 1 aliphatic carbocycles. The molecule has 3 N–H and O–H groups in total. The normalized spacial score (nSPS) is 13.5. The van der Waals surface area contributed by atoms with Crippen molar-refractivity contribution in [3.8, 4) is 0 Å². The van der Waals surface area contributed by atoms with E-state index in [1.54, 1.807) is 0 Å². The number of nitrogens with zero attached hydrogens (tertiary/aromatic N) is 1. The van der Waals surface area contributed by atoms with Gasteiger partial charge in [0, 0.05) is 5.69 Å². The van der Waals surface area contributed by atoms with Gasteiger partial charge >= 0.3 is 5.97 Å². The Labute approximate surface area is 148 Å². The Morgan fingerprint density at radius 2 is 2.09 bits per heavy atom. The number of guanidine groups is 1. The van der Waals surface area contributed by atoms with Crippen LogP contribution in [0.25, 0.3) is 0 Å². The number of nitrogens with one attached hydrogen (secondary N) is 1. The Bertz CT molecular complexity index is 544. The van der Waals surface area contributed by atoms with E-state index in [9.17, 15) is 4.79 Å². The summed E-state index contributed by atoms with van der Waals surface area (Å²) in [7, 11) is 0. The summed E-state index contributed by atoms with van der Waals surface area (Å²) < 4.78 is 5.03. The third-order valence-corrected chi connectivity index (χ3v) is 3.34. The number of halogens is 1. The first-order valence-corrected chi connectivity index (χ1v) is 7.43. The minimum atomic E-state index is -0.251. The second-order valence-electron chi connectivity index (χ2n) is 5.52. The fraction of sp³-hybridized carbons (Fsp3) is 0.500. The van der Waals surface area contributed by atoms with Gasteiger partial charge in [0.25, 0.3) is 0 Å².